The Kier molecular flexibility index (Phi) is 4.42. The van der Waals surface area contributed by atoms with Crippen LogP contribution in [0.4, 0.5) is 10.1 Å². The first kappa shape index (κ1) is 19.2. The molecule has 0 fully saturated rings. The average Bonchev–Trinajstić information content (AvgIpc) is 2.99. The maximum absolute atomic E-state index is 13.9. The molecule has 2 heterocycles. The van der Waals surface area contributed by atoms with Gasteiger partial charge in [-0.15, -0.1) is 0 Å². The van der Waals surface area contributed by atoms with Crippen LogP contribution in [0.2, 0.25) is 0 Å². The molecule has 0 unspecified atom stereocenters. The number of hydrogen-bond acceptors (Lipinski definition) is 5. The molecule has 6 nitrogen and oxygen atoms in total. The number of nitrogens with two attached hydrogens (primary N) is 1. The number of sulfone groups is 1. The predicted molar refractivity (Wildman–Crippen MR) is 103 cm³/mol. The second-order valence-corrected chi connectivity index (χ2v) is 10.1. The van der Waals surface area contributed by atoms with E-state index in [4.69, 9.17) is 10.5 Å². The van der Waals surface area contributed by atoms with Gasteiger partial charge in [0.2, 0.25) is 0 Å². The molecule has 0 amide bonds. The fourth-order valence-corrected chi connectivity index (χ4v) is 4.15. The van der Waals surface area contributed by atoms with Crippen LogP contribution in [0.5, 0.6) is 5.75 Å². The van der Waals surface area contributed by atoms with E-state index in [-0.39, 0.29) is 16.3 Å². The van der Waals surface area contributed by atoms with Crippen molar-refractivity contribution in [3.05, 3.63) is 42.0 Å². The summed E-state index contributed by atoms with van der Waals surface area (Å²) < 4.78 is 45.8. The molecule has 8 heteroatoms. The molecular formula is C19H22FN3O3S. The first-order valence-electron chi connectivity index (χ1n) is 8.33. The molecule has 0 saturated carbocycles. The molecule has 3 aromatic rings. The van der Waals surface area contributed by atoms with E-state index in [1.807, 2.05) is 0 Å². The number of halogens is 1. The van der Waals surface area contributed by atoms with Gasteiger partial charge in [0.05, 0.1) is 29.4 Å². The quantitative estimate of drug-likeness (QED) is 0.689. The van der Waals surface area contributed by atoms with Gasteiger partial charge < -0.3 is 10.5 Å². The molecule has 27 heavy (non-hydrogen) atoms. The van der Waals surface area contributed by atoms with Crippen molar-refractivity contribution in [2.24, 2.45) is 0 Å². The largest absolute Gasteiger partial charge is 0.495 e. The van der Waals surface area contributed by atoms with E-state index in [9.17, 15) is 12.8 Å². The minimum absolute atomic E-state index is 0.0241. The third-order valence-electron chi connectivity index (χ3n) is 4.47. The van der Waals surface area contributed by atoms with E-state index in [0.717, 1.165) is 0 Å². The van der Waals surface area contributed by atoms with Crippen molar-refractivity contribution in [1.82, 2.24) is 9.38 Å². The molecule has 0 radical (unpaired) electrons. The zero-order valence-corrected chi connectivity index (χ0v) is 16.7. The number of benzene rings is 1. The van der Waals surface area contributed by atoms with E-state index in [2.05, 4.69) is 4.98 Å². The van der Waals surface area contributed by atoms with Gasteiger partial charge in [0.1, 0.15) is 22.1 Å². The lowest BCUT2D eigenvalue weighted by molar-refractivity contribution is 0.401. The number of aryl methyl sites for hydroxylation is 1. The summed E-state index contributed by atoms with van der Waals surface area (Å²) >= 11 is 0. The number of imidazole rings is 1. The fourth-order valence-electron chi connectivity index (χ4n) is 2.84. The van der Waals surface area contributed by atoms with Crippen molar-refractivity contribution in [1.29, 1.82) is 0 Å². The Morgan fingerprint density at radius 3 is 2.44 bits per heavy atom. The van der Waals surface area contributed by atoms with Gasteiger partial charge in [-0.3, -0.25) is 4.40 Å². The van der Waals surface area contributed by atoms with E-state index in [1.54, 1.807) is 50.4 Å². The number of aromatic nitrogens is 2. The summed E-state index contributed by atoms with van der Waals surface area (Å²) in [6, 6.07) is 4.73. The van der Waals surface area contributed by atoms with Crippen LogP contribution in [0.25, 0.3) is 16.9 Å². The number of anilines is 1. The Morgan fingerprint density at radius 1 is 1.22 bits per heavy atom. The second kappa shape index (κ2) is 6.23. The first-order valence-corrected chi connectivity index (χ1v) is 9.81. The fraction of sp³-hybridized carbons (Fsp3) is 0.316. The highest BCUT2D eigenvalue weighted by atomic mass is 32.2. The van der Waals surface area contributed by atoms with Gasteiger partial charge in [-0.05, 0) is 45.4 Å². The van der Waals surface area contributed by atoms with Crippen LogP contribution >= 0.6 is 0 Å². The summed E-state index contributed by atoms with van der Waals surface area (Å²) in [5.41, 5.74) is 7.93. The lowest BCUT2D eigenvalue weighted by Gasteiger charge is -2.21. The van der Waals surface area contributed by atoms with Gasteiger partial charge in [0.25, 0.3) is 0 Å². The third kappa shape index (κ3) is 3.03. The summed E-state index contributed by atoms with van der Waals surface area (Å²) in [5.74, 6) is -0.241. The summed E-state index contributed by atoms with van der Waals surface area (Å²) in [7, 11) is -2.25. The summed E-state index contributed by atoms with van der Waals surface area (Å²) in [5, 5.41) is 0. The molecule has 0 atom stereocenters. The van der Waals surface area contributed by atoms with E-state index >= 15 is 0 Å². The zero-order valence-electron chi connectivity index (χ0n) is 15.9. The van der Waals surface area contributed by atoms with Crippen molar-refractivity contribution >= 4 is 21.2 Å². The SMILES string of the molecule is COc1cc2ncc(-c3cc(C)c(F)c(N)c3)n2cc1S(=O)(=O)C(C)(C)C. The molecule has 0 aliphatic heterocycles. The Bertz CT molecular complexity index is 1120. The van der Waals surface area contributed by atoms with Gasteiger partial charge in [-0.1, -0.05) is 0 Å². The number of pyridine rings is 1. The lowest BCUT2D eigenvalue weighted by Crippen LogP contribution is -2.28. The summed E-state index contributed by atoms with van der Waals surface area (Å²) in [6.45, 7) is 6.51. The van der Waals surface area contributed by atoms with Crippen molar-refractivity contribution in [3.63, 3.8) is 0 Å². The number of hydrogen-bond donors (Lipinski definition) is 1. The minimum Gasteiger partial charge on any atom is -0.495 e. The van der Waals surface area contributed by atoms with Gasteiger partial charge in [0.15, 0.2) is 9.84 Å². The molecular weight excluding hydrogens is 369 g/mol. The molecule has 3 rings (SSSR count). The van der Waals surface area contributed by atoms with Crippen LogP contribution in [0, 0.1) is 12.7 Å². The Balaban J connectivity index is 2.32. The molecule has 0 aliphatic carbocycles. The van der Waals surface area contributed by atoms with Crippen molar-refractivity contribution < 1.29 is 17.5 Å². The van der Waals surface area contributed by atoms with E-state index in [0.29, 0.717) is 22.5 Å². The highest BCUT2D eigenvalue weighted by molar-refractivity contribution is 7.92. The topological polar surface area (TPSA) is 86.7 Å². The molecule has 0 saturated heterocycles. The van der Waals surface area contributed by atoms with Crippen LogP contribution in [0.1, 0.15) is 26.3 Å². The molecule has 144 valence electrons. The molecule has 0 bridgehead atoms. The Morgan fingerprint density at radius 2 is 1.89 bits per heavy atom. The number of nitrogen functional groups attached to an aromatic ring is 1. The predicted octanol–water partition coefficient (Wildman–Crippen LogP) is 3.61. The smallest absolute Gasteiger partial charge is 0.188 e. The number of methoxy groups -OCH3 is 1. The molecule has 2 N–H and O–H groups in total. The van der Waals surface area contributed by atoms with E-state index in [1.165, 1.54) is 19.4 Å². The van der Waals surface area contributed by atoms with Crippen LogP contribution in [-0.4, -0.2) is 29.7 Å². The molecule has 2 aromatic heterocycles. The Labute approximate surface area is 157 Å². The van der Waals surface area contributed by atoms with Gasteiger partial charge in [0, 0.05) is 17.8 Å². The van der Waals surface area contributed by atoms with E-state index < -0.39 is 20.4 Å². The van der Waals surface area contributed by atoms with Crippen molar-refractivity contribution in [2.75, 3.05) is 12.8 Å². The number of ether oxygens (including phenoxy) is 1. The minimum atomic E-state index is -3.67. The average molecular weight is 391 g/mol. The van der Waals surface area contributed by atoms with Crippen molar-refractivity contribution in [3.8, 4) is 17.0 Å². The number of nitrogens with zero attached hydrogens (tertiary/aromatic N) is 2. The highest BCUT2D eigenvalue weighted by Crippen LogP contribution is 2.35. The monoisotopic (exact) mass is 391 g/mol. The van der Waals surface area contributed by atoms with Crippen LogP contribution in [-0.2, 0) is 9.84 Å². The maximum Gasteiger partial charge on any atom is 0.188 e. The zero-order chi connectivity index (χ0) is 20.1. The first-order chi connectivity index (χ1) is 12.5. The third-order valence-corrected chi connectivity index (χ3v) is 6.97. The standard InChI is InChI=1S/C19H22FN3O3S/c1-11-6-12(7-13(21)18(11)20)14-9-22-17-8-15(26-5)16(10-23(14)17)27(24,25)19(2,3)4/h6-10H,21H2,1-5H3. The van der Waals surface area contributed by atoms with Crippen LogP contribution in [0.3, 0.4) is 0 Å². The summed E-state index contributed by atoms with van der Waals surface area (Å²) in [4.78, 5) is 4.39. The van der Waals surface area contributed by atoms with Crippen molar-refractivity contribution in [2.45, 2.75) is 37.3 Å². The molecule has 1 aromatic carbocycles. The molecule has 0 aliphatic rings. The van der Waals surface area contributed by atoms with Crippen LogP contribution < -0.4 is 10.5 Å². The Hall–Kier alpha value is -2.61. The lowest BCUT2D eigenvalue weighted by atomic mass is 10.1. The number of rotatable bonds is 3. The van der Waals surface area contributed by atoms with Gasteiger partial charge in [-0.2, -0.15) is 0 Å². The maximum atomic E-state index is 13.9. The normalized spacial score (nSPS) is 12.5. The second-order valence-electron chi connectivity index (χ2n) is 7.39. The summed E-state index contributed by atoms with van der Waals surface area (Å²) in [6.07, 6.45) is 3.08. The number of fused-ring (bicyclic) bond motifs is 1. The van der Waals surface area contributed by atoms with Crippen LogP contribution in [0.15, 0.2) is 35.5 Å². The molecule has 0 spiro atoms. The van der Waals surface area contributed by atoms with Gasteiger partial charge >= 0.3 is 0 Å². The van der Waals surface area contributed by atoms with Gasteiger partial charge in [-0.25, -0.2) is 17.8 Å². The highest BCUT2D eigenvalue weighted by Gasteiger charge is 2.34.